The van der Waals surface area contributed by atoms with E-state index in [2.05, 4.69) is 30.1 Å². The van der Waals surface area contributed by atoms with E-state index in [9.17, 15) is 4.79 Å². The van der Waals surface area contributed by atoms with E-state index in [1.165, 1.54) is 6.42 Å². The first-order chi connectivity index (χ1) is 13.2. The van der Waals surface area contributed by atoms with Crippen LogP contribution in [0.5, 0.6) is 0 Å². The first-order valence-electron chi connectivity index (χ1n) is 9.52. The molecule has 27 heavy (non-hydrogen) atoms. The molecule has 2 atom stereocenters. The molecule has 6 nitrogen and oxygen atoms in total. The van der Waals surface area contributed by atoms with Crippen molar-refractivity contribution in [3.63, 3.8) is 0 Å². The molecule has 0 spiro atoms. The molecule has 7 heteroatoms. The highest BCUT2D eigenvalue weighted by atomic mass is 32.1. The number of nitrogens with one attached hydrogen (secondary N) is 1. The molecule has 1 aromatic carbocycles. The van der Waals surface area contributed by atoms with Crippen molar-refractivity contribution in [2.75, 3.05) is 19.6 Å². The molecule has 3 aliphatic heterocycles. The number of fused-ring (bicyclic) bond motifs is 5. The van der Waals surface area contributed by atoms with Crippen LogP contribution in [-0.2, 0) is 6.54 Å². The minimum Gasteiger partial charge on any atom is -0.342 e. The quantitative estimate of drug-likeness (QED) is 0.757. The van der Waals surface area contributed by atoms with Crippen LogP contribution in [0.25, 0.3) is 11.0 Å². The van der Waals surface area contributed by atoms with Gasteiger partial charge < -0.3 is 9.88 Å². The number of H-pyrrole nitrogens is 1. The van der Waals surface area contributed by atoms with Crippen LogP contribution in [0.4, 0.5) is 0 Å². The second kappa shape index (κ2) is 6.73. The Morgan fingerprint density at radius 2 is 2.22 bits per heavy atom. The van der Waals surface area contributed by atoms with Gasteiger partial charge in [-0.15, -0.1) is 11.3 Å². The smallest absolute Gasteiger partial charge is 0.254 e. The highest BCUT2D eigenvalue weighted by Crippen LogP contribution is 2.30. The number of hydrogen-bond acceptors (Lipinski definition) is 5. The van der Waals surface area contributed by atoms with Crippen LogP contribution < -0.4 is 0 Å². The fraction of sp³-hybridized carbons (Fsp3) is 0.450. The number of piperidine rings is 1. The molecular formula is C20H23N5OS. The number of aryl methyl sites for hydroxylation is 1. The van der Waals surface area contributed by atoms with Crippen molar-refractivity contribution in [2.45, 2.75) is 32.4 Å². The van der Waals surface area contributed by atoms with E-state index in [0.29, 0.717) is 5.92 Å². The number of aromatic nitrogens is 3. The highest BCUT2D eigenvalue weighted by molar-refractivity contribution is 7.07. The van der Waals surface area contributed by atoms with E-state index in [1.54, 1.807) is 11.3 Å². The number of thiazole rings is 1. The lowest BCUT2D eigenvalue weighted by molar-refractivity contribution is 0.0585. The summed E-state index contributed by atoms with van der Waals surface area (Å²) in [7, 11) is 0. The van der Waals surface area contributed by atoms with Crippen LogP contribution in [0, 0.1) is 12.8 Å². The third kappa shape index (κ3) is 3.26. The van der Waals surface area contributed by atoms with Crippen LogP contribution in [0.1, 0.15) is 34.7 Å². The van der Waals surface area contributed by atoms with Gasteiger partial charge >= 0.3 is 0 Å². The lowest BCUT2D eigenvalue weighted by atomic mass is 9.94. The second-order valence-electron chi connectivity index (χ2n) is 7.78. The van der Waals surface area contributed by atoms with Crippen molar-refractivity contribution >= 4 is 28.3 Å². The summed E-state index contributed by atoms with van der Waals surface area (Å²) in [6.07, 6.45) is 2.30. The molecular weight excluding hydrogens is 358 g/mol. The standard InChI is InChI=1S/C20H23N5OS/c1-13-22-18-5-3-15(6-19(18)23-13)20(26)25-8-14-2-4-17(25)10-24(7-14)9-16-11-27-12-21-16/h3,5-6,11-12,14,17H,2,4,7-10H2,1H3,(H,22,23)/t14-,17+/m0/s1. The number of imidazole rings is 1. The Balaban J connectivity index is 1.37. The Bertz CT molecular complexity index is 966. The number of carbonyl (C=O) groups is 1. The zero-order valence-electron chi connectivity index (χ0n) is 15.4. The van der Waals surface area contributed by atoms with Crippen LogP contribution in [-0.4, -0.2) is 56.3 Å². The molecule has 6 rings (SSSR count). The van der Waals surface area contributed by atoms with Gasteiger partial charge in [-0.1, -0.05) is 0 Å². The van der Waals surface area contributed by atoms with Crippen molar-refractivity contribution in [3.05, 3.63) is 46.2 Å². The Morgan fingerprint density at radius 3 is 3.07 bits per heavy atom. The van der Waals surface area contributed by atoms with Crippen molar-refractivity contribution in [2.24, 2.45) is 5.92 Å². The number of aromatic amines is 1. The highest BCUT2D eigenvalue weighted by Gasteiger charge is 2.37. The van der Waals surface area contributed by atoms with E-state index < -0.39 is 0 Å². The SMILES string of the molecule is Cc1nc2ccc(C(=O)N3C[C@H]4CC[C@@H]3CN(Cc3cscn3)C4)cc2[nH]1. The zero-order chi connectivity index (χ0) is 18.4. The van der Waals surface area contributed by atoms with E-state index in [-0.39, 0.29) is 11.9 Å². The summed E-state index contributed by atoms with van der Waals surface area (Å²) in [4.78, 5) is 30.0. The van der Waals surface area contributed by atoms with Gasteiger partial charge in [-0.2, -0.15) is 0 Å². The summed E-state index contributed by atoms with van der Waals surface area (Å²) in [5.41, 5.74) is 5.63. The maximum absolute atomic E-state index is 13.3. The summed E-state index contributed by atoms with van der Waals surface area (Å²) in [6.45, 7) is 5.67. The second-order valence-corrected chi connectivity index (χ2v) is 8.50. The van der Waals surface area contributed by atoms with Gasteiger partial charge in [0.1, 0.15) is 5.82 Å². The molecule has 0 aliphatic carbocycles. The number of carbonyl (C=O) groups excluding carboxylic acids is 1. The van der Waals surface area contributed by atoms with Gasteiger partial charge in [0.05, 0.1) is 22.2 Å². The van der Waals surface area contributed by atoms with Gasteiger partial charge in [0, 0.05) is 43.2 Å². The maximum Gasteiger partial charge on any atom is 0.254 e. The average molecular weight is 382 g/mol. The molecule has 3 aromatic rings. The predicted octanol–water partition coefficient (Wildman–Crippen LogP) is 3.06. The lowest BCUT2D eigenvalue weighted by Crippen LogP contribution is -2.47. The van der Waals surface area contributed by atoms with E-state index in [0.717, 1.165) is 60.7 Å². The molecule has 2 bridgehead atoms. The van der Waals surface area contributed by atoms with Crippen LogP contribution in [0.3, 0.4) is 0 Å². The van der Waals surface area contributed by atoms with E-state index >= 15 is 0 Å². The third-order valence-corrected chi connectivity index (χ3v) is 6.40. The molecule has 5 heterocycles. The molecule has 0 saturated carbocycles. The predicted molar refractivity (Wildman–Crippen MR) is 106 cm³/mol. The summed E-state index contributed by atoms with van der Waals surface area (Å²) in [5, 5.41) is 2.12. The summed E-state index contributed by atoms with van der Waals surface area (Å²) >= 11 is 1.65. The molecule has 1 N–H and O–H groups in total. The largest absolute Gasteiger partial charge is 0.342 e. The number of nitrogens with zero attached hydrogens (tertiary/aromatic N) is 4. The molecule has 140 valence electrons. The lowest BCUT2D eigenvalue weighted by Gasteiger charge is -2.36. The van der Waals surface area contributed by atoms with Crippen molar-refractivity contribution in [3.8, 4) is 0 Å². The summed E-state index contributed by atoms with van der Waals surface area (Å²) in [6, 6.07) is 6.09. The van der Waals surface area contributed by atoms with Crippen LogP contribution in [0.15, 0.2) is 29.1 Å². The monoisotopic (exact) mass is 381 g/mol. The van der Waals surface area contributed by atoms with Crippen molar-refractivity contribution < 1.29 is 4.79 Å². The third-order valence-electron chi connectivity index (χ3n) is 5.77. The average Bonchev–Trinajstić information content (AvgIpc) is 3.20. The Labute approximate surface area is 162 Å². The number of hydrogen-bond donors (Lipinski definition) is 1. The molecule has 2 aromatic heterocycles. The van der Waals surface area contributed by atoms with Gasteiger partial charge in [-0.3, -0.25) is 9.69 Å². The number of amides is 1. The first-order valence-corrected chi connectivity index (χ1v) is 10.5. The number of benzene rings is 1. The summed E-state index contributed by atoms with van der Waals surface area (Å²) in [5.74, 6) is 1.57. The van der Waals surface area contributed by atoms with E-state index in [1.807, 2.05) is 30.6 Å². The fourth-order valence-corrected chi connectivity index (χ4v) is 5.09. The van der Waals surface area contributed by atoms with Gasteiger partial charge in [-0.05, 0) is 43.9 Å². The Morgan fingerprint density at radius 1 is 1.30 bits per heavy atom. The van der Waals surface area contributed by atoms with Gasteiger partial charge in [-0.25, -0.2) is 9.97 Å². The van der Waals surface area contributed by atoms with Crippen molar-refractivity contribution in [1.82, 2.24) is 24.8 Å². The molecule has 3 fully saturated rings. The Hall–Kier alpha value is -2.25. The molecule has 3 saturated heterocycles. The minimum atomic E-state index is 0.148. The first kappa shape index (κ1) is 16.9. The fourth-order valence-electron chi connectivity index (χ4n) is 4.54. The molecule has 0 unspecified atom stereocenters. The van der Waals surface area contributed by atoms with Crippen LogP contribution in [0.2, 0.25) is 0 Å². The van der Waals surface area contributed by atoms with Gasteiger partial charge in [0.2, 0.25) is 0 Å². The topological polar surface area (TPSA) is 65.1 Å². The van der Waals surface area contributed by atoms with Gasteiger partial charge in [0.15, 0.2) is 0 Å². The number of rotatable bonds is 3. The van der Waals surface area contributed by atoms with Crippen molar-refractivity contribution in [1.29, 1.82) is 0 Å². The zero-order valence-corrected chi connectivity index (χ0v) is 16.2. The normalized spacial score (nSPS) is 23.1. The molecule has 1 amide bonds. The minimum absolute atomic E-state index is 0.148. The van der Waals surface area contributed by atoms with E-state index in [4.69, 9.17) is 0 Å². The Kier molecular flexibility index (Phi) is 4.21. The van der Waals surface area contributed by atoms with Gasteiger partial charge in [0.25, 0.3) is 5.91 Å². The maximum atomic E-state index is 13.3. The summed E-state index contributed by atoms with van der Waals surface area (Å²) < 4.78 is 0. The molecule has 0 radical (unpaired) electrons. The van der Waals surface area contributed by atoms with Crippen LogP contribution >= 0.6 is 11.3 Å². The molecule has 3 aliphatic rings.